The summed E-state index contributed by atoms with van der Waals surface area (Å²) in [4.78, 5) is 30.8. The van der Waals surface area contributed by atoms with Gasteiger partial charge in [-0.05, 0) is 48.9 Å². The standard InChI is InChI=1S/C26H26FN3O5.ClH/c1-3-26(34)16-6-20-23-14(8-30(20)24(32)15(16)10-35-25(26)33)21-13(18(28)9-31)5-4-12-11(2)17(27)7-19(29-23)22(12)21;/h6-7,13,18,31,34H,3-5,8-10,28H2,1-2H3;1H/t13-,18-,26-;/m0./s1. The lowest BCUT2D eigenvalue weighted by Gasteiger charge is -2.32. The first-order valence-electron chi connectivity index (χ1n) is 11.9. The number of rotatable bonds is 3. The number of fused-ring (bicyclic) bond motifs is 5. The van der Waals surface area contributed by atoms with Crippen LogP contribution < -0.4 is 11.3 Å². The summed E-state index contributed by atoms with van der Waals surface area (Å²) in [6, 6.07) is 2.53. The van der Waals surface area contributed by atoms with Crippen LogP contribution >= 0.6 is 12.4 Å². The molecule has 0 unspecified atom stereocenters. The van der Waals surface area contributed by atoms with Gasteiger partial charge in [-0.3, -0.25) is 4.79 Å². The van der Waals surface area contributed by atoms with E-state index in [1.807, 2.05) is 0 Å². The van der Waals surface area contributed by atoms with Gasteiger partial charge in [0.05, 0.1) is 35.6 Å². The fourth-order valence-corrected chi connectivity index (χ4v) is 6.15. The van der Waals surface area contributed by atoms with Gasteiger partial charge in [-0.2, -0.15) is 0 Å². The zero-order valence-corrected chi connectivity index (χ0v) is 20.7. The summed E-state index contributed by atoms with van der Waals surface area (Å²) in [7, 11) is 0. The van der Waals surface area contributed by atoms with E-state index < -0.39 is 17.6 Å². The average Bonchev–Trinajstić information content (AvgIpc) is 3.23. The summed E-state index contributed by atoms with van der Waals surface area (Å²) in [6.45, 7) is 3.23. The minimum absolute atomic E-state index is 0. The van der Waals surface area contributed by atoms with Gasteiger partial charge in [0, 0.05) is 34.5 Å². The Morgan fingerprint density at radius 1 is 1.31 bits per heavy atom. The van der Waals surface area contributed by atoms with Gasteiger partial charge in [0.15, 0.2) is 5.60 Å². The first-order valence-corrected chi connectivity index (χ1v) is 11.9. The number of halogens is 2. The largest absolute Gasteiger partial charge is 0.458 e. The van der Waals surface area contributed by atoms with Gasteiger partial charge >= 0.3 is 5.97 Å². The van der Waals surface area contributed by atoms with Crippen molar-refractivity contribution in [3.8, 4) is 11.4 Å². The second-order valence-electron chi connectivity index (χ2n) is 9.80. The molecule has 3 aliphatic rings. The topological polar surface area (TPSA) is 128 Å². The Labute approximate surface area is 212 Å². The number of aliphatic hydroxyl groups is 2. The number of benzene rings is 1. The van der Waals surface area contributed by atoms with Crippen molar-refractivity contribution >= 4 is 29.3 Å². The molecule has 36 heavy (non-hydrogen) atoms. The van der Waals surface area contributed by atoms with E-state index in [-0.39, 0.29) is 67.0 Å². The van der Waals surface area contributed by atoms with Crippen LogP contribution in [0, 0.1) is 12.7 Å². The van der Waals surface area contributed by atoms with Gasteiger partial charge in [-0.15, -0.1) is 12.4 Å². The Balaban J connectivity index is 0.00000267. The molecule has 3 aromatic rings. The average molecular weight is 516 g/mol. The molecule has 0 fully saturated rings. The molecule has 0 saturated carbocycles. The molecule has 0 amide bonds. The summed E-state index contributed by atoms with van der Waals surface area (Å²) in [5.41, 5.74) is 9.15. The second kappa shape index (κ2) is 8.34. The van der Waals surface area contributed by atoms with Crippen molar-refractivity contribution in [2.45, 2.75) is 63.8 Å². The fraction of sp³-hybridized carbons (Fsp3) is 0.423. The molecule has 4 N–H and O–H groups in total. The van der Waals surface area contributed by atoms with Crippen LogP contribution in [0.4, 0.5) is 4.39 Å². The summed E-state index contributed by atoms with van der Waals surface area (Å²) < 4.78 is 21.6. The predicted octanol–water partition coefficient (Wildman–Crippen LogP) is 2.30. The highest BCUT2D eigenvalue weighted by Crippen LogP contribution is 2.47. The van der Waals surface area contributed by atoms with E-state index in [0.717, 1.165) is 22.1 Å². The van der Waals surface area contributed by atoms with Crippen LogP contribution in [0.2, 0.25) is 0 Å². The Bertz CT molecular complexity index is 1520. The van der Waals surface area contributed by atoms with Gasteiger partial charge in [0.2, 0.25) is 0 Å². The maximum atomic E-state index is 14.9. The number of aromatic nitrogens is 2. The van der Waals surface area contributed by atoms with E-state index in [0.29, 0.717) is 35.3 Å². The first-order chi connectivity index (χ1) is 16.7. The number of nitrogens with zero attached hydrogens (tertiary/aromatic N) is 2. The van der Waals surface area contributed by atoms with Crippen molar-refractivity contribution in [3.63, 3.8) is 0 Å². The monoisotopic (exact) mass is 515 g/mol. The molecule has 1 aromatic carbocycles. The van der Waals surface area contributed by atoms with Gasteiger partial charge in [-0.25, -0.2) is 14.2 Å². The number of esters is 1. The van der Waals surface area contributed by atoms with E-state index >= 15 is 0 Å². The molecule has 190 valence electrons. The van der Waals surface area contributed by atoms with Crippen LogP contribution in [0.15, 0.2) is 16.9 Å². The second-order valence-corrected chi connectivity index (χ2v) is 9.80. The molecule has 3 atom stereocenters. The van der Waals surface area contributed by atoms with E-state index in [4.69, 9.17) is 15.5 Å². The fourth-order valence-electron chi connectivity index (χ4n) is 6.15. The van der Waals surface area contributed by atoms with Crippen LogP contribution in [-0.4, -0.2) is 38.4 Å². The number of hydrogen-bond donors (Lipinski definition) is 3. The lowest BCUT2D eigenvalue weighted by atomic mass is 9.75. The maximum absolute atomic E-state index is 14.9. The van der Waals surface area contributed by atoms with Gasteiger partial charge in [0.25, 0.3) is 5.56 Å². The number of ether oxygens (including phenoxy) is 1. The van der Waals surface area contributed by atoms with Crippen LogP contribution in [-0.2, 0) is 34.7 Å². The Hall–Kier alpha value is -2.85. The number of hydrogen-bond acceptors (Lipinski definition) is 7. The van der Waals surface area contributed by atoms with E-state index in [9.17, 15) is 24.2 Å². The van der Waals surface area contributed by atoms with Crippen molar-refractivity contribution in [3.05, 3.63) is 61.7 Å². The smallest absolute Gasteiger partial charge is 0.343 e. The van der Waals surface area contributed by atoms with Crippen LogP contribution in [0.5, 0.6) is 0 Å². The quantitative estimate of drug-likeness (QED) is 0.357. The Kier molecular flexibility index (Phi) is 5.75. The minimum Gasteiger partial charge on any atom is -0.458 e. The molecule has 2 aliphatic heterocycles. The third-order valence-corrected chi connectivity index (χ3v) is 8.15. The number of cyclic esters (lactones) is 1. The van der Waals surface area contributed by atoms with Crippen molar-refractivity contribution in [1.29, 1.82) is 0 Å². The number of pyridine rings is 2. The van der Waals surface area contributed by atoms with Crippen LogP contribution in [0.25, 0.3) is 22.3 Å². The number of nitrogens with two attached hydrogens (primary N) is 1. The van der Waals surface area contributed by atoms with Crippen LogP contribution in [0.3, 0.4) is 0 Å². The lowest BCUT2D eigenvalue weighted by molar-refractivity contribution is -0.172. The number of carbonyl (C=O) groups excluding carboxylic acids is 1. The van der Waals surface area contributed by atoms with Crippen molar-refractivity contribution < 1.29 is 24.1 Å². The zero-order chi connectivity index (χ0) is 24.8. The molecule has 2 aromatic heterocycles. The van der Waals surface area contributed by atoms with Gasteiger partial charge in [0.1, 0.15) is 12.4 Å². The third-order valence-electron chi connectivity index (χ3n) is 8.15. The van der Waals surface area contributed by atoms with Crippen molar-refractivity contribution in [2.75, 3.05) is 6.61 Å². The molecular weight excluding hydrogens is 489 g/mol. The normalized spacial score (nSPS) is 22.4. The minimum atomic E-state index is -1.92. The van der Waals surface area contributed by atoms with E-state index in [2.05, 4.69) is 0 Å². The molecular formula is C26H27ClFN3O5. The molecule has 0 spiro atoms. The summed E-state index contributed by atoms with van der Waals surface area (Å²) in [5.74, 6) is -1.32. The van der Waals surface area contributed by atoms with E-state index in [1.165, 1.54) is 6.07 Å². The van der Waals surface area contributed by atoms with Crippen molar-refractivity contribution in [1.82, 2.24) is 9.55 Å². The lowest BCUT2D eigenvalue weighted by Crippen LogP contribution is -2.44. The van der Waals surface area contributed by atoms with E-state index in [1.54, 1.807) is 24.5 Å². The number of aryl methyl sites for hydroxylation is 1. The van der Waals surface area contributed by atoms with Crippen LogP contribution in [0.1, 0.15) is 59.1 Å². The van der Waals surface area contributed by atoms with Gasteiger partial charge in [-0.1, -0.05) is 6.92 Å². The Morgan fingerprint density at radius 2 is 2.06 bits per heavy atom. The number of carbonyl (C=O) groups is 1. The highest BCUT2D eigenvalue weighted by Gasteiger charge is 2.46. The molecule has 8 nitrogen and oxygen atoms in total. The molecule has 10 heteroatoms. The third kappa shape index (κ3) is 3.06. The summed E-state index contributed by atoms with van der Waals surface area (Å²) in [5, 5.41) is 21.8. The predicted molar refractivity (Wildman–Crippen MR) is 133 cm³/mol. The maximum Gasteiger partial charge on any atom is 0.343 e. The zero-order valence-electron chi connectivity index (χ0n) is 19.9. The van der Waals surface area contributed by atoms with Gasteiger partial charge < -0.3 is 25.3 Å². The SMILES string of the molecule is CC[C@@]1(O)C(=O)OCc2c1cc1n(c2=O)Cc2c-1nc1cc(F)c(C)c3c1c2[C@H]([C@@H](N)CO)CC3.Cl. The summed E-state index contributed by atoms with van der Waals surface area (Å²) >= 11 is 0. The molecule has 0 radical (unpaired) electrons. The molecule has 1 aliphatic carbocycles. The first kappa shape index (κ1) is 24.8. The Morgan fingerprint density at radius 3 is 2.75 bits per heavy atom. The highest BCUT2D eigenvalue weighted by atomic mass is 35.5. The molecule has 0 bridgehead atoms. The molecule has 4 heterocycles. The van der Waals surface area contributed by atoms with Crippen molar-refractivity contribution in [2.24, 2.45) is 5.73 Å². The highest BCUT2D eigenvalue weighted by molar-refractivity contribution is 5.93. The number of aliphatic hydroxyl groups excluding tert-OH is 1. The summed E-state index contributed by atoms with van der Waals surface area (Å²) in [6.07, 6.45) is 1.31. The molecule has 0 saturated heterocycles. The molecule has 6 rings (SSSR count).